The van der Waals surface area contributed by atoms with Gasteiger partial charge in [-0.2, -0.15) is 5.21 Å². The van der Waals surface area contributed by atoms with Gasteiger partial charge in [-0.3, -0.25) is 9.59 Å². The maximum atomic E-state index is 13.5. The van der Waals surface area contributed by atoms with Crippen molar-refractivity contribution in [3.05, 3.63) is 94.1 Å². The third kappa shape index (κ3) is 4.62. The van der Waals surface area contributed by atoms with Crippen LogP contribution < -0.4 is 10.6 Å². The van der Waals surface area contributed by atoms with Crippen molar-refractivity contribution < 1.29 is 14.0 Å². The molecule has 0 unspecified atom stereocenters. The van der Waals surface area contributed by atoms with E-state index in [0.717, 1.165) is 35.9 Å². The van der Waals surface area contributed by atoms with Crippen LogP contribution in [-0.2, 0) is 13.0 Å². The Kier molecular flexibility index (Phi) is 6.10. The van der Waals surface area contributed by atoms with Crippen molar-refractivity contribution in [1.82, 2.24) is 41.2 Å². The molecule has 1 aliphatic rings. The number of fused-ring (bicyclic) bond motifs is 1. The molecule has 1 atom stereocenters. The number of halogens is 1. The van der Waals surface area contributed by atoms with Crippen LogP contribution in [-0.4, -0.2) is 42.4 Å². The van der Waals surface area contributed by atoms with E-state index in [-0.39, 0.29) is 29.7 Å². The molecule has 11 nitrogen and oxygen atoms in total. The molecule has 2 aromatic heterocycles. The Morgan fingerprint density at radius 1 is 1.11 bits per heavy atom. The number of nitrogens with zero attached hydrogens (tertiary/aromatic N) is 6. The number of H-pyrrole nitrogens is 1. The first kappa shape index (κ1) is 22.7. The average Bonchev–Trinajstić information content (AvgIpc) is 3.58. The summed E-state index contributed by atoms with van der Waals surface area (Å²) >= 11 is 0. The summed E-state index contributed by atoms with van der Waals surface area (Å²) in [6.45, 7) is 7.06. The van der Waals surface area contributed by atoms with E-state index in [1.54, 1.807) is 0 Å². The molecule has 3 N–H and O–H groups in total. The van der Waals surface area contributed by atoms with E-state index in [9.17, 15) is 14.0 Å². The van der Waals surface area contributed by atoms with Gasteiger partial charge in [0.05, 0.1) is 12.6 Å². The molecule has 0 fully saturated rings. The van der Waals surface area contributed by atoms with Gasteiger partial charge in [-0.05, 0) is 52.9 Å². The molecule has 0 spiro atoms. The second kappa shape index (κ2) is 9.67. The zero-order valence-corrected chi connectivity index (χ0v) is 18.7. The van der Waals surface area contributed by atoms with Crippen LogP contribution in [0.5, 0.6) is 0 Å². The molecule has 0 saturated carbocycles. The number of nitrogens with one attached hydrogen (secondary N) is 3. The van der Waals surface area contributed by atoms with Crippen molar-refractivity contribution >= 4 is 17.5 Å². The number of rotatable bonds is 6. The molecular weight excluding hydrogens is 465 g/mol. The first-order valence-corrected chi connectivity index (χ1v) is 11.0. The number of benzene rings is 2. The molecule has 12 heteroatoms. The zero-order chi connectivity index (χ0) is 25.1. The Balaban J connectivity index is 1.24. The number of hydrogen-bond acceptors (Lipinski definition) is 7. The summed E-state index contributed by atoms with van der Waals surface area (Å²) in [5.41, 5.74) is 3.44. The lowest BCUT2D eigenvalue weighted by molar-refractivity contribution is 0.0931. The first-order chi connectivity index (χ1) is 17.5. The van der Waals surface area contributed by atoms with Crippen molar-refractivity contribution in [2.45, 2.75) is 25.4 Å². The van der Waals surface area contributed by atoms with Crippen LogP contribution in [0.4, 0.5) is 10.1 Å². The van der Waals surface area contributed by atoms with Gasteiger partial charge >= 0.3 is 0 Å². The lowest BCUT2D eigenvalue weighted by Crippen LogP contribution is -2.29. The molecule has 178 valence electrons. The molecule has 2 aromatic carbocycles. The minimum Gasteiger partial charge on any atom is -0.347 e. The van der Waals surface area contributed by atoms with Crippen molar-refractivity contribution in [3.63, 3.8) is 0 Å². The smallest absolute Gasteiger partial charge is 0.270 e. The molecule has 0 aliphatic heterocycles. The van der Waals surface area contributed by atoms with E-state index < -0.39 is 17.6 Å². The molecular formula is C24H18FN9O2. The molecule has 1 aliphatic carbocycles. The van der Waals surface area contributed by atoms with Gasteiger partial charge in [-0.1, -0.05) is 18.2 Å². The van der Waals surface area contributed by atoms with Crippen molar-refractivity contribution in [2.24, 2.45) is 0 Å². The second-order valence-corrected chi connectivity index (χ2v) is 8.08. The maximum absolute atomic E-state index is 13.5. The Bertz CT molecular complexity index is 1500. The van der Waals surface area contributed by atoms with E-state index in [0.29, 0.717) is 11.4 Å². The third-order valence-corrected chi connectivity index (χ3v) is 5.85. The van der Waals surface area contributed by atoms with Crippen molar-refractivity contribution in [3.8, 4) is 11.4 Å². The van der Waals surface area contributed by atoms with Gasteiger partial charge in [0, 0.05) is 18.2 Å². The lowest BCUT2D eigenvalue weighted by Gasteiger charge is -2.14. The normalized spacial score (nSPS) is 14.1. The molecule has 0 bridgehead atoms. The summed E-state index contributed by atoms with van der Waals surface area (Å²) in [7, 11) is 0. The number of hydrogen-bond donors (Lipinski definition) is 3. The maximum Gasteiger partial charge on any atom is 0.270 e. The number of carbonyl (C=O) groups excluding carboxylic acids is 2. The van der Waals surface area contributed by atoms with Gasteiger partial charge in [-0.25, -0.2) is 19.2 Å². The van der Waals surface area contributed by atoms with Crippen LogP contribution >= 0.6 is 0 Å². The Hall–Kier alpha value is -5.05. The number of tetrazole rings is 1. The van der Waals surface area contributed by atoms with E-state index >= 15 is 0 Å². The zero-order valence-electron chi connectivity index (χ0n) is 18.7. The summed E-state index contributed by atoms with van der Waals surface area (Å²) in [5, 5.41) is 19.6. The topological polar surface area (TPSA) is 143 Å². The Morgan fingerprint density at radius 3 is 2.72 bits per heavy atom. The van der Waals surface area contributed by atoms with E-state index in [2.05, 4.69) is 46.1 Å². The highest BCUT2D eigenvalue weighted by molar-refractivity contribution is 5.97. The highest BCUT2D eigenvalue weighted by Gasteiger charge is 2.26. The minimum atomic E-state index is -0.621. The number of amides is 2. The molecule has 4 aromatic rings. The fourth-order valence-electron chi connectivity index (χ4n) is 4.06. The molecule has 0 saturated heterocycles. The number of aromatic nitrogens is 6. The van der Waals surface area contributed by atoms with Crippen molar-refractivity contribution in [2.75, 3.05) is 0 Å². The van der Waals surface area contributed by atoms with Gasteiger partial charge in [0.15, 0.2) is 0 Å². The predicted molar refractivity (Wildman–Crippen MR) is 124 cm³/mol. The average molecular weight is 483 g/mol. The highest BCUT2D eigenvalue weighted by Crippen LogP contribution is 2.33. The van der Waals surface area contributed by atoms with Gasteiger partial charge in [0.25, 0.3) is 11.8 Å². The van der Waals surface area contributed by atoms with Crippen LogP contribution in [0.15, 0.2) is 48.8 Å². The van der Waals surface area contributed by atoms with Gasteiger partial charge in [-0.15, -0.1) is 10.2 Å². The van der Waals surface area contributed by atoms with Gasteiger partial charge < -0.3 is 10.6 Å². The first-order valence-electron chi connectivity index (χ1n) is 11.0. The number of carbonyl (C=O) groups is 2. The number of aromatic amines is 1. The monoisotopic (exact) mass is 483 g/mol. The Labute approximate surface area is 204 Å². The molecule has 0 radical (unpaired) electrons. The molecule has 2 heterocycles. The largest absolute Gasteiger partial charge is 0.347 e. The molecule has 2 amide bonds. The Morgan fingerprint density at radius 2 is 1.94 bits per heavy atom. The SMILES string of the molecule is [C-]#[N+]c1cc(CNC(=O)c2cc(C(=O)N[C@@H]3CCc4cc(-c5nn[nH]n5)ccc43)ncn2)ccc1F. The van der Waals surface area contributed by atoms with Crippen LogP contribution in [0.1, 0.15) is 50.1 Å². The van der Waals surface area contributed by atoms with E-state index in [4.69, 9.17) is 6.57 Å². The van der Waals surface area contributed by atoms with Crippen LogP contribution in [0, 0.1) is 12.4 Å². The van der Waals surface area contributed by atoms with Gasteiger partial charge in [0.1, 0.15) is 23.5 Å². The van der Waals surface area contributed by atoms with Crippen LogP contribution in [0.3, 0.4) is 0 Å². The van der Waals surface area contributed by atoms with Crippen LogP contribution in [0.25, 0.3) is 16.2 Å². The quantitative estimate of drug-likeness (QED) is 0.358. The van der Waals surface area contributed by atoms with E-state index in [1.165, 1.54) is 24.3 Å². The summed E-state index contributed by atoms with van der Waals surface area (Å²) in [6, 6.07) is 10.9. The van der Waals surface area contributed by atoms with Gasteiger partial charge in [0.2, 0.25) is 11.5 Å². The standard InChI is InChI=1S/C24H18FN9O2/c1-26-19-8-13(2-6-17(19)25)11-27-23(35)20-10-21(29-12-28-20)24(36)30-18-7-4-14-9-15(3-5-16(14)18)22-31-33-34-32-22/h2-3,5-6,8-10,12,18H,4,7,11H2,(H,27,35)(H,30,36)(H,31,32,33,34)/t18-/m1/s1. The van der Waals surface area contributed by atoms with Crippen LogP contribution in [0.2, 0.25) is 0 Å². The third-order valence-electron chi connectivity index (χ3n) is 5.85. The van der Waals surface area contributed by atoms with E-state index in [1.807, 2.05) is 18.2 Å². The second-order valence-electron chi connectivity index (χ2n) is 8.08. The predicted octanol–water partition coefficient (Wildman–Crippen LogP) is 2.69. The fourth-order valence-corrected chi connectivity index (χ4v) is 4.06. The van der Waals surface area contributed by atoms with Crippen molar-refractivity contribution in [1.29, 1.82) is 0 Å². The minimum absolute atomic E-state index is 0.0132. The molecule has 36 heavy (non-hydrogen) atoms. The summed E-state index contributed by atoms with van der Waals surface area (Å²) in [4.78, 5) is 36.5. The summed E-state index contributed by atoms with van der Waals surface area (Å²) in [5.74, 6) is -1.07. The summed E-state index contributed by atoms with van der Waals surface area (Å²) < 4.78 is 13.5. The summed E-state index contributed by atoms with van der Waals surface area (Å²) in [6.07, 6.45) is 2.65. The highest BCUT2D eigenvalue weighted by atomic mass is 19.1. The number of aryl methyl sites for hydroxylation is 1. The lowest BCUT2D eigenvalue weighted by atomic mass is 10.0. The molecule has 5 rings (SSSR count). The fraction of sp³-hybridized carbons (Fsp3) is 0.167.